The molecule has 4 heterocycles. The number of nitrogens with two attached hydrogens (primary N) is 1. The number of nitrogens with zero attached hydrogens (tertiary/aromatic N) is 8. The van der Waals surface area contributed by atoms with Crippen LogP contribution in [-0.4, -0.2) is 80.2 Å². The van der Waals surface area contributed by atoms with Gasteiger partial charge in [0.1, 0.15) is 23.5 Å². The third-order valence-electron chi connectivity index (χ3n) is 14.4. The van der Waals surface area contributed by atoms with Crippen molar-refractivity contribution in [3.8, 4) is 11.5 Å². The van der Waals surface area contributed by atoms with Crippen molar-refractivity contribution in [2.45, 2.75) is 140 Å². The van der Waals surface area contributed by atoms with Crippen LogP contribution in [0.2, 0.25) is 25.4 Å². The lowest BCUT2D eigenvalue weighted by Crippen LogP contribution is -2.56. The van der Waals surface area contributed by atoms with E-state index in [9.17, 15) is 14.7 Å². The number of nitrogen functional groups attached to an aromatic ring is 1. The summed E-state index contributed by atoms with van der Waals surface area (Å²) in [5.41, 5.74) is 7.90. The third kappa shape index (κ3) is 11.0. The lowest BCUT2D eigenvalue weighted by Gasteiger charge is -2.44. The summed E-state index contributed by atoms with van der Waals surface area (Å²) in [7, 11) is 3.66. The fraction of sp³-hybridized carbons (Fsp3) is 0.542. The van der Waals surface area contributed by atoms with Crippen molar-refractivity contribution in [1.29, 1.82) is 0 Å². The second-order valence-electron chi connectivity index (χ2n) is 18.8. The van der Waals surface area contributed by atoms with Gasteiger partial charge in [-0.2, -0.15) is 9.97 Å². The van der Waals surface area contributed by atoms with Gasteiger partial charge in [-0.3, -0.25) is 9.59 Å². The number of likely N-dealkylation sites (N-methyl/N-ethyl adjacent to an activating group) is 2. The molecule has 2 atom stereocenters. The van der Waals surface area contributed by atoms with E-state index in [4.69, 9.17) is 73.8 Å². The number of halogens is 5. The number of amides is 2. The highest BCUT2D eigenvalue weighted by molar-refractivity contribution is 6.38. The molecular weight excluding hydrogens is 958 g/mol. The first-order valence-corrected chi connectivity index (χ1v) is 25.5. The van der Waals surface area contributed by atoms with Crippen molar-refractivity contribution in [2.75, 3.05) is 44.7 Å². The zero-order valence-electron chi connectivity index (χ0n) is 37.9. The predicted molar refractivity (Wildman–Crippen MR) is 270 cm³/mol. The fourth-order valence-electron chi connectivity index (χ4n) is 11.0. The molecule has 5 N–H and O–H groups in total. The van der Waals surface area contributed by atoms with Gasteiger partial charge in [0.25, 0.3) is 0 Å². The van der Waals surface area contributed by atoms with E-state index >= 15 is 0 Å². The fourth-order valence-corrected chi connectivity index (χ4v) is 12.1. The molecule has 360 valence electrons. The summed E-state index contributed by atoms with van der Waals surface area (Å²) < 4.78 is 0. The minimum absolute atomic E-state index is 0.0975. The normalized spacial score (nSPS) is 21.3. The van der Waals surface area contributed by atoms with Crippen molar-refractivity contribution in [3.05, 3.63) is 62.0 Å². The predicted octanol–water partition coefficient (Wildman–Crippen LogP) is 12.0. The van der Waals surface area contributed by atoms with Gasteiger partial charge in [0.2, 0.25) is 23.0 Å². The van der Waals surface area contributed by atoms with Crippen LogP contribution in [0.15, 0.2) is 36.7 Å². The van der Waals surface area contributed by atoms with Gasteiger partial charge in [0, 0.05) is 37.6 Å². The van der Waals surface area contributed by atoms with Crippen LogP contribution in [-0.2, 0) is 9.59 Å². The van der Waals surface area contributed by atoms with E-state index in [1.54, 1.807) is 34.3 Å². The molecule has 0 unspecified atom stereocenters. The Morgan fingerprint density at radius 2 is 0.985 bits per heavy atom. The lowest BCUT2D eigenvalue weighted by molar-refractivity contribution is -0.121. The second kappa shape index (κ2) is 21.6. The van der Waals surface area contributed by atoms with E-state index in [1.165, 1.54) is 89.2 Å². The SMILES string of the molecule is CN1C(=O)[C@@H](CC2CCCC2)N(C2CCCC2)c2nc(Cl)ncc21.CN1C(=O)[C@@H](CC2CCCC2)N(C2CCCC2)c2nc(Nc3cc(Cl)c(O)c(Cl)c3)ncc21.Nc1cc(Cl)c(O)c(Cl)c1. The van der Waals surface area contributed by atoms with Crippen molar-refractivity contribution < 1.29 is 19.8 Å². The Labute approximate surface area is 417 Å². The highest BCUT2D eigenvalue weighted by Gasteiger charge is 2.45. The van der Waals surface area contributed by atoms with Gasteiger partial charge in [-0.05, 0) is 86.2 Å². The number of rotatable bonds is 8. The maximum absolute atomic E-state index is 13.5. The highest BCUT2D eigenvalue weighted by Crippen LogP contribution is 2.45. The summed E-state index contributed by atoms with van der Waals surface area (Å²) in [6.45, 7) is 0. The van der Waals surface area contributed by atoms with E-state index in [0.717, 1.165) is 61.5 Å². The Morgan fingerprint density at radius 3 is 1.43 bits per heavy atom. The summed E-state index contributed by atoms with van der Waals surface area (Å²) >= 11 is 29.3. The van der Waals surface area contributed by atoms with E-state index in [1.807, 2.05) is 14.1 Å². The Kier molecular flexibility index (Phi) is 15.9. The average Bonchev–Trinajstić information content (AvgIpc) is 4.17. The quantitative estimate of drug-likeness (QED) is 0.0747. The molecule has 0 radical (unpaired) electrons. The molecule has 0 bridgehead atoms. The molecule has 0 spiro atoms. The average molecular weight is 1020 g/mol. The Morgan fingerprint density at radius 1 is 0.597 bits per heavy atom. The molecule has 14 nitrogen and oxygen atoms in total. The second-order valence-corrected chi connectivity index (χ2v) is 20.8. The number of carbonyl (C=O) groups is 2. The maximum Gasteiger partial charge on any atom is 0.249 e. The van der Waals surface area contributed by atoms with Gasteiger partial charge in [-0.1, -0.05) is 123 Å². The zero-order valence-corrected chi connectivity index (χ0v) is 41.7. The topological polar surface area (TPSA) is 177 Å². The molecule has 6 aliphatic rings. The first-order valence-electron chi connectivity index (χ1n) is 23.6. The maximum atomic E-state index is 13.5. The number of hydrogen-bond acceptors (Lipinski definition) is 12. The molecule has 4 aromatic rings. The minimum atomic E-state index is -0.186. The molecule has 2 aromatic heterocycles. The number of nitrogens with one attached hydrogen (secondary N) is 1. The molecule has 10 rings (SSSR count). The molecule has 4 saturated carbocycles. The van der Waals surface area contributed by atoms with E-state index in [0.29, 0.717) is 41.2 Å². The van der Waals surface area contributed by atoms with Crippen LogP contribution in [0.1, 0.15) is 116 Å². The van der Waals surface area contributed by atoms with Crippen molar-refractivity contribution in [2.24, 2.45) is 11.8 Å². The summed E-state index contributed by atoms with van der Waals surface area (Å²) in [5, 5.41) is 22.9. The van der Waals surface area contributed by atoms with Crippen LogP contribution >= 0.6 is 58.0 Å². The number of aromatic hydroxyl groups is 2. The number of anilines is 7. The summed E-state index contributed by atoms with van der Waals surface area (Å²) in [4.78, 5) is 52.6. The van der Waals surface area contributed by atoms with Crippen LogP contribution in [0, 0.1) is 11.8 Å². The molecule has 4 aliphatic carbocycles. The van der Waals surface area contributed by atoms with Gasteiger partial charge >= 0.3 is 0 Å². The number of phenolic OH excluding ortho intramolecular Hbond substituents is 2. The number of carbonyl (C=O) groups excluding carboxylic acids is 2. The first-order chi connectivity index (χ1) is 32.2. The monoisotopic (exact) mass is 1010 g/mol. The van der Waals surface area contributed by atoms with Crippen LogP contribution in [0.4, 0.5) is 40.3 Å². The van der Waals surface area contributed by atoms with E-state index in [2.05, 4.69) is 30.1 Å². The molecule has 2 aliphatic heterocycles. The van der Waals surface area contributed by atoms with Crippen LogP contribution < -0.4 is 30.7 Å². The molecule has 67 heavy (non-hydrogen) atoms. The number of benzene rings is 2. The molecule has 19 heteroatoms. The lowest BCUT2D eigenvalue weighted by atomic mass is 9.93. The smallest absolute Gasteiger partial charge is 0.249 e. The summed E-state index contributed by atoms with van der Waals surface area (Å²) in [6, 6.07) is 6.46. The largest absolute Gasteiger partial charge is 0.505 e. The molecule has 0 saturated heterocycles. The van der Waals surface area contributed by atoms with Crippen LogP contribution in [0.3, 0.4) is 0 Å². The van der Waals surface area contributed by atoms with E-state index < -0.39 is 0 Å². The molecular formula is C48H59Cl5N10O4. The Hall–Kier alpha value is -4.21. The Bertz CT molecular complexity index is 2380. The van der Waals surface area contributed by atoms with Gasteiger partial charge in [-0.25, -0.2) is 9.97 Å². The zero-order chi connectivity index (χ0) is 47.5. The third-order valence-corrected chi connectivity index (χ3v) is 15.7. The van der Waals surface area contributed by atoms with E-state index in [-0.39, 0.29) is 60.8 Å². The first kappa shape index (κ1) is 49.2. The highest BCUT2D eigenvalue weighted by atomic mass is 35.5. The van der Waals surface area contributed by atoms with Crippen LogP contribution in [0.5, 0.6) is 11.5 Å². The van der Waals surface area contributed by atoms with Gasteiger partial charge in [0.05, 0.1) is 32.5 Å². The molecule has 4 fully saturated rings. The number of phenols is 2. The van der Waals surface area contributed by atoms with Gasteiger partial charge in [-0.15, -0.1) is 0 Å². The minimum Gasteiger partial charge on any atom is -0.505 e. The van der Waals surface area contributed by atoms with Gasteiger partial charge < -0.3 is 40.9 Å². The summed E-state index contributed by atoms with van der Waals surface area (Å²) in [5.74, 6) is 3.36. The number of fused-ring (bicyclic) bond motifs is 2. The molecule has 2 amide bonds. The van der Waals surface area contributed by atoms with Gasteiger partial charge in [0.15, 0.2) is 23.1 Å². The number of aromatic nitrogens is 4. The summed E-state index contributed by atoms with van der Waals surface area (Å²) in [6.07, 6.45) is 24.5. The van der Waals surface area contributed by atoms with Crippen molar-refractivity contribution in [3.63, 3.8) is 0 Å². The molecule has 2 aromatic carbocycles. The van der Waals surface area contributed by atoms with Crippen molar-refractivity contribution >= 4 is 110 Å². The Balaban J connectivity index is 0.000000156. The number of hydrogen-bond donors (Lipinski definition) is 4. The van der Waals surface area contributed by atoms with Crippen molar-refractivity contribution in [1.82, 2.24) is 19.9 Å². The standard InChI is InChI=1S/C24H29Cl2N5O2.C18H25ClN4O.C6H5Cl2NO/c1-30-20-13-27-24(28-15-11-17(25)21(32)18(26)12-15)29-22(20)31(16-8-4-5-9-16)19(23(30)33)10-14-6-2-3-7-14;1-22-15-11-20-18(19)21-16(15)23(13-8-4-5-9-13)14(17(22)24)10-12-6-2-3-7-12;7-4-1-3(9)2-5(8)6(4)10/h11-14,16,19,32H,2-10H2,1H3,(H,27,28,29);11-14H,2-10H2,1H3;1-2,10H,9H2/t19-;14-;/m11./s1. The van der Waals surface area contributed by atoms with Crippen LogP contribution in [0.25, 0.3) is 0 Å².